The molecule has 10 N–H and O–H groups in total. The van der Waals surface area contributed by atoms with Crippen LogP contribution in [0.4, 0.5) is 15.3 Å². The number of nitrogens with two attached hydrogens (primary N) is 2. The Morgan fingerprint density at radius 3 is 1.71 bits per heavy atom. The van der Waals surface area contributed by atoms with Gasteiger partial charge in [0.15, 0.2) is 0 Å². The largest absolute Gasteiger partial charge is 0.445 e. The van der Waals surface area contributed by atoms with E-state index in [1.165, 1.54) is 19.0 Å². The normalized spacial score (nSPS) is 13.1. The van der Waals surface area contributed by atoms with Crippen LogP contribution in [0, 0.1) is 17.8 Å². The van der Waals surface area contributed by atoms with Gasteiger partial charge in [0.1, 0.15) is 37.4 Å². The first-order valence-corrected chi connectivity index (χ1v) is 21.0. The van der Waals surface area contributed by atoms with Crippen molar-refractivity contribution in [1.29, 1.82) is 0 Å². The fourth-order valence-corrected chi connectivity index (χ4v) is 5.86. The van der Waals surface area contributed by atoms with Crippen molar-refractivity contribution in [2.24, 2.45) is 29.4 Å². The third kappa shape index (κ3) is 23.2. The number of urea groups is 1. The summed E-state index contributed by atoms with van der Waals surface area (Å²) in [6.45, 7) is 12.8. The summed E-state index contributed by atoms with van der Waals surface area (Å²) in [5, 5.41) is 15.9. The van der Waals surface area contributed by atoms with Gasteiger partial charge in [-0.05, 0) is 48.3 Å². The standard InChI is InChI=1S/C41H71N9O13/c1-26(2)33(37(53)44-7)49-39(55)35(28(5)6)50(8)41(57)62-24-29-11-13-30(14-12-29)46-36(52)31(10-9-15-45-40(42)56)47-38(54)34(27(3)4)48-32(51)25-61-21-20-59-17-16-58-18-19-60-22-23-63-43/h11-14,26-28,31,33-35H,9-10,15-25,43H2,1-8H3,(H,44,53)(H,46,52)(H,47,54)(H,48,51)(H,49,55)(H3,42,45,56)/t31?,33?,34?,35-/m0/s1. The third-order valence-electron chi connectivity index (χ3n) is 9.24. The van der Waals surface area contributed by atoms with Crippen molar-refractivity contribution in [3.8, 4) is 0 Å². The van der Waals surface area contributed by atoms with Crippen LogP contribution in [0.15, 0.2) is 24.3 Å². The van der Waals surface area contributed by atoms with Crippen molar-refractivity contribution >= 4 is 47.3 Å². The minimum Gasteiger partial charge on any atom is -0.445 e. The number of likely N-dealkylation sites (N-methyl/N-ethyl adjacent to an activating group) is 2. The van der Waals surface area contributed by atoms with E-state index >= 15 is 0 Å². The number of carbonyl (C=O) groups excluding carboxylic acids is 7. The van der Waals surface area contributed by atoms with E-state index in [4.69, 9.17) is 35.3 Å². The van der Waals surface area contributed by atoms with Crippen molar-refractivity contribution in [2.75, 3.05) is 85.4 Å². The molecule has 0 aliphatic carbocycles. The van der Waals surface area contributed by atoms with Crippen LogP contribution in [-0.2, 0) is 59.1 Å². The SMILES string of the molecule is CNC(=O)C(NC(=O)[C@H](C(C)C)N(C)C(=O)OCc1ccc(NC(=O)C(CCCNC(N)=O)NC(=O)C(NC(=O)COCCOCCOCCOCCON)C(C)C)cc1)C(C)C. The van der Waals surface area contributed by atoms with Crippen LogP contribution in [-0.4, -0.2) is 151 Å². The summed E-state index contributed by atoms with van der Waals surface area (Å²) >= 11 is 0. The molecule has 0 fully saturated rings. The zero-order chi connectivity index (χ0) is 47.3. The van der Waals surface area contributed by atoms with Gasteiger partial charge in [0.2, 0.25) is 29.5 Å². The van der Waals surface area contributed by atoms with Crippen molar-refractivity contribution in [1.82, 2.24) is 31.5 Å². The maximum atomic E-state index is 13.5. The number of benzene rings is 1. The molecule has 0 aliphatic heterocycles. The van der Waals surface area contributed by atoms with E-state index < -0.39 is 59.9 Å². The molecule has 22 nitrogen and oxygen atoms in total. The second kappa shape index (κ2) is 31.7. The van der Waals surface area contributed by atoms with Gasteiger partial charge in [0.25, 0.3) is 0 Å². The molecular weight excluding hydrogens is 827 g/mol. The zero-order valence-electron chi connectivity index (χ0n) is 38.0. The quantitative estimate of drug-likeness (QED) is 0.0353. The first-order chi connectivity index (χ1) is 29.9. The number of amides is 8. The summed E-state index contributed by atoms with van der Waals surface area (Å²) < 4.78 is 26.9. The Labute approximate surface area is 370 Å². The molecular formula is C41H71N9O13. The Hall–Kier alpha value is -5.13. The Morgan fingerprint density at radius 2 is 1.21 bits per heavy atom. The molecule has 4 atom stereocenters. The molecule has 0 radical (unpaired) electrons. The number of nitrogens with zero attached hydrogens (tertiary/aromatic N) is 1. The van der Waals surface area contributed by atoms with E-state index in [2.05, 4.69) is 36.7 Å². The first-order valence-electron chi connectivity index (χ1n) is 21.0. The predicted octanol–water partition coefficient (Wildman–Crippen LogP) is 0.136. The number of carbonyl (C=O) groups is 7. The lowest BCUT2D eigenvalue weighted by Gasteiger charge is -2.31. The highest BCUT2D eigenvalue weighted by Gasteiger charge is 2.34. The molecule has 1 aromatic carbocycles. The van der Waals surface area contributed by atoms with Crippen molar-refractivity contribution in [3.63, 3.8) is 0 Å². The zero-order valence-corrected chi connectivity index (χ0v) is 38.0. The monoisotopic (exact) mass is 898 g/mol. The Balaban J connectivity index is 2.80. The molecule has 8 amide bonds. The number of anilines is 1. The maximum absolute atomic E-state index is 13.5. The lowest BCUT2D eigenvalue weighted by Crippen LogP contribution is -2.56. The lowest BCUT2D eigenvalue weighted by molar-refractivity contribution is -0.134. The molecule has 22 heteroatoms. The first kappa shape index (κ1) is 55.9. The molecule has 1 aromatic rings. The van der Waals surface area contributed by atoms with Gasteiger partial charge in [0.05, 0.1) is 52.9 Å². The highest BCUT2D eigenvalue weighted by molar-refractivity contribution is 5.98. The van der Waals surface area contributed by atoms with Crippen LogP contribution >= 0.6 is 0 Å². The van der Waals surface area contributed by atoms with E-state index in [0.717, 1.165) is 0 Å². The summed E-state index contributed by atoms with van der Waals surface area (Å²) in [6, 6.07) is 1.90. The van der Waals surface area contributed by atoms with Crippen molar-refractivity contribution in [3.05, 3.63) is 29.8 Å². The fourth-order valence-electron chi connectivity index (χ4n) is 5.86. The third-order valence-corrected chi connectivity index (χ3v) is 9.24. The van der Waals surface area contributed by atoms with Crippen LogP contribution in [0.25, 0.3) is 0 Å². The van der Waals surface area contributed by atoms with E-state index in [1.807, 2.05) is 0 Å². The Morgan fingerprint density at radius 1 is 0.667 bits per heavy atom. The summed E-state index contributed by atoms with van der Waals surface area (Å²) in [4.78, 5) is 95.2. The van der Waals surface area contributed by atoms with Crippen LogP contribution in [0.2, 0.25) is 0 Å². The van der Waals surface area contributed by atoms with Crippen LogP contribution in [0.5, 0.6) is 0 Å². The molecule has 0 aromatic heterocycles. The maximum Gasteiger partial charge on any atom is 0.410 e. The number of nitrogens with one attached hydrogen (secondary N) is 6. The molecule has 0 bridgehead atoms. The van der Waals surface area contributed by atoms with Gasteiger partial charge in [-0.3, -0.25) is 28.9 Å². The van der Waals surface area contributed by atoms with Crippen molar-refractivity contribution < 1.29 is 62.1 Å². The molecule has 0 saturated heterocycles. The van der Waals surface area contributed by atoms with E-state index in [-0.39, 0.29) is 69.5 Å². The molecule has 0 aliphatic rings. The molecule has 1 rings (SSSR count). The highest BCUT2D eigenvalue weighted by atomic mass is 16.6. The summed E-state index contributed by atoms with van der Waals surface area (Å²) in [5.41, 5.74) is 6.13. The Bertz CT molecular complexity index is 1550. The average molecular weight is 898 g/mol. The fraction of sp³-hybridized carbons (Fsp3) is 0.683. The van der Waals surface area contributed by atoms with Crippen LogP contribution in [0.1, 0.15) is 59.9 Å². The molecule has 0 heterocycles. The van der Waals surface area contributed by atoms with E-state index in [1.54, 1.807) is 65.8 Å². The van der Waals surface area contributed by atoms with E-state index in [0.29, 0.717) is 50.9 Å². The molecule has 63 heavy (non-hydrogen) atoms. The van der Waals surface area contributed by atoms with Gasteiger partial charge < -0.3 is 66.2 Å². The number of primary amides is 1. The lowest BCUT2D eigenvalue weighted by atomic mass is 9.99. The molecule has 358 valence electrons. The number of rotatable bonds is 32. The smallest absolute Gasteiger partial charge is 0.410 e. The average Bonchev–Trinajstić information content (AvgIpc) is 3.23. The minimum absolute atomic E-state index is 0.115. The van der Waals surface area contributed by atoms with Gasteiger partial charge in [-0.2, -0.15) is 0 Å². The number of hydrogen-bond donors (Lipinski definition) is 8. The van der Waals surface area contributed by atoms with Crippen molar-refractivity contribution in [2.45, 2.75) is 85.2 Å². The highest BCUT2D eigenvalue weighted by Crippen LogP contribution is 2.16. The van der Waals surface area contributed by atoms with Gasteiger partial charge in [-0.25, -0.2) is 15.5 Å². The second-order valence-electron chi connectivity index (χ2n) is 15.4. The van der Waals surface area contributed by atoms with Gasteiger partial charge >= 0.3 is 12.1 Å². The van der Waals surface area contributed by atoms with Crippen LogP contribution < -0.4 is 43.5 Å². The summed E-state index contributed by atoms with van der Waals surface area (Å²) in [7, 11) is 2.93. The van der Waals surface area contributed by atoms with E-state index in [9.17, 15) is 33.6 Å². The molecule has 0 saturated carbocycles. The number of ether oxygens (including phenoxy) is 5. The Kier molecular flexibility index (Phi) is 28.1. The minimum atomic E-state index is -1.07. The van der Waals surface area contributed by atoms with Gasteiger partial charge in [-0.1, -0.05) is 53.7 Å². The topological polar surface area (TPSA) is 302 Å². The molecule has 3 unspecified atom stereocenters. The summed E-state index contributed by atoms with van der Waals surface area (Å²) in [5.74, 6) is 1.50. The number of hydrogen-bond acceptors (Lipinski definition) is 14. The summed E-state index contributed by atoms with van der Waals surface area (Å²) in [6.07, 6.45) is -0.359. The second-order valence-corrected chi connectivity index (χ2v) is 15.4. The molecule has 0 spiro atoms. The van der Waals surface area contributed by atoms with Gasteiger partial charge in [-0.15, -0.1) is 0 Å². The van der Waals surface area contributed by atoms with Crippen LogP contribution in [0.3, 0.4) is 0 Å². The van der Waals surface area contributed by atoms with Gasteiger partial charge in [0, 0.05) is 26.3 Å². The predicted molar refractivity (Wildman–Crippen MR) is 231 cm³/mol.